The molecule has 0 saturated carbocycles. The van der Waals surface area contributed by atoms with Gasteiger partial charge in [-0.2, -0.15) is 0 Å². The molecule has 4 rings (SSSR count). The standard InChI is InChI=1S/C21H26N4O/c26-21(25-19-10-7-15-4-1-2-5-17(15)14-19)23-13-11-18-9-8-16-6-3-12-22-20(16)24-18/h1-2,4-5,8-9,19H,3,6-7,10-14H2,(H,22,24)(H2,23,25,26). The normalized spacial score (nSPS) is 18.2. The highest BCUT2D eigenvalue weighted by Crippen LogP contribution is 2.21. The van der Waals surface area contributed by atoms with Gasteiger partial charge in [-0.05, 0) is 54.9 Å². The first-order valence-corrected chi connectivity index (χ1v) is 9.62. The minimum absolute atomic E-state index is 0.0783. The summed E-state index contributed by atoms with van der Waals surface area (Å²) >= 11 is 0. The Balaban J connectivity index is 1.23. The smallest absolute Gasteiger partial charge is 0.315 e. The number of nitrogens with one attached hydrogen (secondary N) is 3. The van der Waals surface area contributed by atoms with Crippen LogP contribution in [0.3, 0.4) is 0 Å². The number of carbonyl (C=O) groups excluding carboxylic acids is 1. The molecule has 1 aliphatic heterocycles. The number of amides is 2. The van der Waals surface area contributed by atoms with Gasteiger partial charge in [0.2, 0.25) is 0 Å². The summed E-state index contributed by atoms with van der Waals surface area (Å²) in [4.78, 5) is 16.9. The van der Waals surface area contributed by atoms with E-state index in [0.717, 1.165) is 50.2 Å². The maximum absolute atomic E-state index is 12.2. The lowest BCUT2D eigenvalue weighted by Crippen LogP contribution is -2.45. The topological polar surface area (TPSA) is 66.0 Å². The highest BCUT2D eigenvalue weighted by Gasteiger charge is 2.19. The van der Waals surface area contributed by atoms with Crippen LogP contribution in [0.15, 0.2) is 36.4 Å². The van der Waals surface area contributed by atoms with Crippen LogP contribution in [0.5, 0.6) is 0 Å². The number of fused-ring (bicyclic) bond motifs is 2. The summed E-state index contributed by atoms with van der Waals surface area (Å²) in [5, 5.41) is 9.44. The van der Waals surface area contributed by atoms with Gasteiger partial charge in [0, 0.05) is 31.2 Å². The number of nitrogens with zero attached hydrogens (tertiary/aromatic N) is 1. The third-order valence-corrected chi connectivity index (χ3v) is 5.30. The number of carbonyl (C=O) groups is 1. The molecule has 0 fully saturated rings. The van der Waals surface area contributed by atoms with Gasteiger partial charge in [0.15, 0.2) is 0 Å². The Labute approximate surface area is 154 Å². The van der Waals surface area contributed by atoms with Gasteiger partial charge in [-0.15, -0.1) is 0 Å². The molecule has 5 heteroatoms. The number of aromatic nitrogens is 1. The van der Waals surface area contributed by atoms with Gasteiger partial charge in [0.05, 0.1) is 0 Å². The predicted octanol–water partition coefficient (Wildman–Crippen LogP) is 2.84. The van der Waals surface area contributed by atoms with Crippen LogP contribution in [0.25, 0.3) is 0 Å². The van der Waals surface area contributed by atoms with E-state index in [2.05, 4.69) is 57.3 Å². The molecule has 1 aromatic carbocycles. The van der Waals surface area contributed by atoms with E-state index in [9.17, 15) is 4.79 Å². The van der Waals surface area contributed by atoms with Crippen LogP contribution in [0.2, 0.25) is 0 Å². The van der Waals surface area contributed by atoms with Crippen molar-refractivity contribution in [3.63, 3.8) is 0 Å². The highest BCUT2D eigenvalue weighted by molar-refractivity contribution is 5.74. The van der Waals surface area contributed by atoms with E-state index >= 15 is 0 Å². The van der Waals surface area contributed by atoms with Gasteiger partial charge in [-0.25, -0.2) is 9.78 Å². The number of rotatable bonds is 4. The van der Waals surface area contributed by atoms with Crippen LogP contribution in [-0.2, 0) is 25.7 Å². The highest BCUT2D eigenvalue weighted by atomic mass is 16.2. The molecule has 0 spiro atoms. The van der Waals surface area contributed by atoms with Crippen molar-refractivity contribution in [2.24, 2.45) is 0 Å². The van der Waals surface area contributed by atoms with Crippen LogP contribution in [0.1, 0.15) is 35.2 Å². The van der Waals surface area contributed by atoms with Crippen LogP contribution in [-0.4, -0.2) is 30.1 Å². The first kappa shape index (κ1) is 16.9. The van der Waals surface area contributed by atoms with Crippen molar-refractivity contribution < 1.29 is 4.79 Å². The van der Waals surface area contributed by atoms with E-state index in [4.69, 9.17) is 0 Å². The van der Waals surface area contributed by atoms with Gasteiger partial charge in [0.25, 0.3) is 0 Å². The van der Waals surface area contributed by atoms with E-state index in [0.29, 0.717) is 6.54 Å². The van der Waals surface area contributed by atoms with E-state index in [1.807, 2.05) is 0 Å². The van der Waals surface area contributed by atoms with Crippen molar-refractivity contribution in [3.8, 4) is 0 Å². The number of hydrogen-bond acceptors (Lipinski definition) is 3. The fraction of sp³-hybridized carbons (Fsp3) is 0.429. The van der Waals surface area contributed by atoms with Gasteiger partial charge < -0.3 is 16.0 Å². The number of hydrogen-bond donors (Lipinski definition) is 3. The summed E-state index contributed by atoms with van der Waals surface area (Å²) in [6.07, 6.45) is 5.97. The summed E-state index contributed by atoms with van der Waals surface area (Å²) in [5.74, 6) is 1.01. The monoisotopic (exact) mass is 350 g/mol. The van der Waals surface area contributed by atoms with Crippen molar-refractivity contribution in [1.29, 1.82) is 0 Å². The Morgan fingerprint density at radius 1 is 1.12 bits per heavy atom. The molecule has 2 aliphatic rings. The lowest BCUT2D eigenvalue weighted by atomic mass is 9.88. The van der Waals surface area contributed by atoms with Gasteiger partial charge in [-0.3, -0.25) is 0 Å². The van der Waals surface area contributed by atoms with Crippen molar-refractivity contribution in [2.45, 2.75) is 44.6 Å². The second-order valence-corrected chi connectivity index (χ2v) is 7.20. The molecule has 136 valence electrons. The predicted molar refractivity (Wildman–Crippen MR) is 104 cm³/mol. The molecule has 2 heterocycles. The fourth-order valence-electron chi connectivity index (χ4n) is 3.87. The maximum atomic E-state index is 12.2. The largest absolute Gasteiger partial charge is 0.370 e. The Hall–Kier alpha value is -2.56. The molecule has 0 radical (unpaired) electrons. The maximum Gasteiger partial charge on any atom is 0.315 e. The lowest BCUT2D eigenvalue weighted by molar-refractivity contribution is 0.235. The third-order valence-electron chi connectivity index (χ3n) is 5.30. The number of urea groups is 1. The Bertz CT molecular complexity index is 789. The number of anilines is 1. The summed E-state index contributed by atoms with van der Waals surface area (Å²) < 4.78 is 0. The molecule has 1 aliphatic carbocycles. The van der Waals surface area contributed by atoms with Crippen LogP contribution >= 0.6 is 0 Å². The summed E-state index contributed by atoms with van der Waals surface area (Å²) in [6.45, 7) is 1.59. The SMILES string of the molecule is O=C(NCCc1ccc2c(n1)NCCC2)NC1CCc2ccccc2C1. The second-order valence-electron chi connectivity index (χ2n) is 7.20. The fourth-order valence-corrected chi connectivity index (χ4v) is 3.87. The molecular formula is C21H26N4O. The molecule has 1 aromatic heterocycles. The Morgan fingerprint density at radius 2 is 2.00 bits per heavy atom. The lowest BCUT2D eigenvalue weighted by Gasteiger charge is -2.25. The number of benzene rings is 1. The van der Waals surface area contributed by atoms with E-state index < -0.39 is 0 Å². The average molecular weight is 350 g/mol. The van der Waals surface area contributed by atoms with E-state index in [1.165, 1.54) is 23.1 Å². The van der Waals surface area contributed by atoms with Gasteiger partial charge >= 0.3 is 6.03 Å². The quantitative estimate of drug-likeness (QED) is 0.794. The van der Waals surface area contributed by atoms with Crippen LogP contribution in [0.4, 0.5) is 10.6 Å². The Morgan fingerprint density at radius 3 is 2.92 bits per heavy atom. The zero-order chi connectivity index (χ0) is 17.8. The van der Waals surface area contributed by atoms with Gasteiger partial charge in [0.1, 0.15) is 5.82 Å². The molecule has 0 bridgehead atoms. The van der Waals surface area contributed by atoms with Crippen molar-refractivity contribution in [1.82, 2.24) is 15.6 Å². The first-order valence-electron chi connectivity index (χ1n) is 9.62. The van der Waals surface area contributed by atoms with Crippen molar-refractivity contribution >= 4 is 11.8 Å². The third kappa shape index (κ3) is 3.98. The molecule has 3 N–H and O–H groups in total. The number of aryl methyl sites for hydroxylation is 2. The van der Waals surface area contributed by atoms with Crippen molar-refractivity contribution in [3.05, 3.63) is 58.8 Å². The zero-order valence-electron chi connectivity index (χ0n) is 15.1. The molecule has 1 unspecified atom stereocenters. The van der Waals surface area contributed by atoms with Gasteiger partial charge in [-0.1, -0.05) is 30.3 Å². The second kappa shape index (κ2) is 7.77. The summed E-state index contributed by atoms with van der Waals surface area (Å²) in [6, 6.07) is 12.9. The summed E-state index contributed by atoms with van der Waals surface area (Å²) in [7, 11) is 0. The minimum atomic E-state index is -0.0783. The molecule has 1 atom stereocenters. The number of pyridine rings is 1. The Kier molecular flexibility index (Phi) is 5.04. The molecular weight excluding hydrogens is 324 g/mol. The first-order chi connectivity index (χ1) is 12.8. The molecule has 0 saturated heterocycles. The van der Waals surface area contributed by atoms with E-state index in [1.54, 1.807) is 0 Å². The average Bonchev–Trinajstić information content (AvgIpc) is 2.68. The van der Waals surface area contributed by atoms with Crippen LogP contribution < -0.4 is 16.0 Å². The molecule has 2 aromatic rings. The van der Waals surface area contributed by atoms with Crippen molar-refractivity contribution in [2.75, 3.05) is 18.4 Å². The zero-order valence-corrected chi connectivity index (χ0v) is 15.1. The molecule has 2 amide bonds. The molecule has 5 nitrogen and oxygen atoms in total. The summed E-state index contributed by atoms with van der Waals surface area (Å²) in [5.41, 5.74) is 5.08. The molecule has 26 heavy (non-hydrogen) atoms. The van der Waals surface area contributed by atoms with E-state index in [-0.39, 0.29) is 12.1 Å². The van der Waals surface area contributed by atoms with Crippen LogP contribution in [0, 0.1) is 0 Å². The minimum Gasteiger partial charge on any atom is -0.370 e.